The highest BCUT2D eigenvalue weighted by molar-refractivity contribution is 5.85. The largest absolute Gasteiger partial charge is 0.468 e. The van der Waals surface area contributed by atoms with Gasteiger partial charge in [-0.1, -0.05) is 6.92 Å². The van der Waals surface area contributed by atoms with Gasteiger partial charge in [0.05, 0.1) is 7.11 Å². The number of carbonyl (C=O) groups excluding carboxylic acids is 2. The van der Waals surface area contributed by atoms with E-state index in [1.54, 1.807) is 4.90 Å². The molecule has 0 aromatic rings. The standard InChI is InChI=1S/C9H15NO3/c1-3-7-4-5-10(9(7)12)6-8(11)13-2/h7H,3-6H2,1-2H3. The SMILES string of the molecule is CCC1CCN(CC(=O)OC)C1=O. The van der Waals surface area contributed by atoms with Crippen molar-refractivity contribution in [3.63, 3.8) is 0 Å². The van der Waals surface area contributed by atoms with Gasteiger partial charge in [0.1, 0.15) is 6.54 Å². The van der Waals surface area contributed by atoms with E-state index in [0.717, 1.165) is 12.8 Å². The molecule has 1 heterocycles. The third kappa shape index (κ3) is 2.20. The van der Waals surface area contributed by atoms with Gasteiger partial charge in [0.15, 0.2) is 0 Å². The van der Waals surface area contributed by atoms with Crippen molar-refractivity contribution < 1.29 is 14.3 Å². The molecule has 0 radical (unpaired) electrons. The lowest BCUT2D eigenvalue weighted by molar-refractivity contribution is -0.146. The lowest BCUT2D eigenvalue weighted by Crippen LogP contribution is -2.33. The monoisotopic (exact) mass is 185 g/mol. The number of hydrogen-bond acceptors (Lipinski definition) is 3. The van der Waals surface area contributed by atoms with E-state index < -0.39 is 0 Å². The molecule has 1 amide bonds. The minimum atomic E-state index is -0.342. The van der Waals surface area contributed by atoms with Crippen molar-refractivity contribution in [2.45, 2.75) is 19.8 Å². The number of esters is 1. The van der Waals surface area contributed by atoms with Gasteiger partial charge in [-0.3, -0.25) is 9.59 Å². The number of carbonyl (C=O) groups is 2. The van der Waals surface area contributed by atoms with Gasteiger partial charge < -0.3 is 9.64 Å². The summed E-state index contributed by atoms with van der Waals surface area (Å²) in [6.45, 7) is 2.78. The van der Waals surface area contributed by atoms with Crippen LogP contribution in [0.2, 0.25) is 0 Å². The van der Waals surface area contributed by atoms with Crippen LogP contribution in [-0.2, 0) is 14.3 Å². The first-order chi connectivity index (χ1) is 6.19. The zero-order chi connectivity index (χ0) is 9.84. The second-order valence-corrected chi connectivity index (χ2v) is 3.23. The van der Waals surface area contributed by atoms with Gasteiger partial charge in [-0.05, 0) is 12.8 Å². The summed E-state index contributed by atoms with van der Waals surface area (Å²) in [5.41, 5.74) is 0. The molecule has 0 saturated carbocycles. The predicted octanol–water partition coefficient (Wildman–Crippen LogP) is 0.418. The summed E-state index contributed by atoms with van der Waals surface area (Å²) in [5, 5.41) is 0. The van der Waals surface area contributed by atoms with E-state index in [2.05, 4.69) is 4.74 Å². The number of nitrogens with zero attached hydrogens (tertiary/aromatic N) is 1. The molecular formula is C9H15NO3. The molecule has 1 aliphatic rings. The van der Waals surface area contributed by atoms with Crippen molar-refractivity contribution in [3.8, 4) is 0 Å². The Kier molecular flexibility index (Phi) is 3.28. The average molecular weight is 185 g/mol. The third-order valence-electron chi connectivity index (χ3n) is 2.45. The van der Waals surface area contributed by atoms with E-state index in [4.69, 9.17) is 0 Å². The number of hydrogen-bond donors (Lipinski definition) is 0. The fraction of sp³-hybridized carbons (Fsp3) is 0.778. The summed E-state index contributed by atoms with van der Waals surface area (Å²) in [7, 11) is 1.33. The summed E-state index contributed by atoms with van der Waals surface area (Å²) in [4.78, 5) is 24.0. The first-order valence-corrected chi connectivity index (χ1v) is 4.54. The van der Waals surface area contributed by atoms with Crippen LogP contribution in [0.5, 0.6) is 0 Å². The first kappa shape index (κ1) is 10.0. The summed E-state index contributed by atoms with van der Waals surface area (Å²) in [6.07, 6.45) is 1.73. The molecule has 0 N–H and O–H groups in total. The molecule has 0 aromatic carbocycles. The molecular weight excluding hydrogens is 170 g/mol. The minimum absolute atomic E-state index is 0.0906. The molecule has 0 aromatic heterocycles. The van der Waals surface area contributed by atoms with Crippen molar-refractivity contribution in [1.82, 2.24) is 4.90 Å². The Morgan fingerprint density at radius 1 is 1.69 bits per heavy atom. The number of amides is 1. The maximum Gasteiger partial charge on any atom is 0.325 e. The van der Waals surface area contributed by atoms with Crippen molar-refractivity contribution in [3.05, 3.63) is 0 Å². The van der Waals surface area contributed by atoms with E-state index in [9.17, 15) is 9.59 Å². The summed E-state index contributed by atoms with van der Waals surface area (Å²) >= 11 is 0. The molecule has 1 rings (SSSR count). The zero-order valence-electron chi connectivity index (χ0n) is 8.08. The van der Waals surface area contributed by atoms with Crippen molar-refractivity contribution in [1.29, 1.82) is 0 Å². The first-order valence-electron chi connectivity index (χ1n) is 4.54. The number of methoxy groups -OCH3 is 1. The highest BCUT2D eigenvalue weighted by Crippen LogP contribution is 2.20. The number of likely N-dealkylation sites (tertiary alicyclic amines) is 1. The number of ether oxygens (including phenoxy) is 1. The molecule has 13 heavy (non-hydrogen) atoms. The van der Waals surface area contributed by atoms with E-state index in [1.807, 2.05) is 6.92 Å². The molecule has 1 fully saturated rings. The topological polar surface area (TPSA) is 46.6 Å². The normalized spacial score (nSPS) is 22.2. The average Bonchev–Trinajstić information content (AvgIpc) is 2.48. The summed E-state index contributed by atoms with van der Waals surface area (Å²) in [5.74, 6) is -0.136. The highest BCUT2D eigenvalue weighted by Gasteiger charge is 2.31. The summed E-state index contributed by atoms with van der Waals surface area (Å²) in [6, 6.07) is 0. The van der Waals surface area contributed by atoms with E-state index in [1.165, 1.54) is 7.11 Å². The fourth-order valence-corrected chi connectivity index (χ4v) is 1.56. The number of rotatable bonds is 3. The van der Waals surface area contributed by atoms with Crippen molar-refractivity contribution in [2.75, 3.05) is 20.2 Å². The van der Waals surface area contributed by atoms with Crippen LogP contribution in [0.1, 0.15) is 19.8 Å². The zero-order valence-corrected chi connectivity index (χ0v) is 8.08. The Morgan fingerprint density at radius 2 is 2.38 bits per heavy atom. The van der Waals surface area contributed by atoms with Gasteiger partial charge in [-0.25, -0.2) is 0 Å². The molecule has 0 spiro atoms. The summed E-state index contributed by atoms with van der Waals surface area (Å²) < 4.78 is 4.50. The van der Waals surface area contributed by atoms with Gasteiger partial charge in [-0.2, -0.15) is 0 Å². The molecule has 1 saturated heterocycles. The van der Waals surface area contributed by atoms with Crippen LogP contribution in [0.25, 0.3) is 0 Å². The molecule has 4 nitrogen and oxygen atoms in total. The van der Waals surface area contributed by atoms with Crippen LogP contribution in [0.3, 0.4) is 0 Å². The van der Waals surface area contributed by atoms with Gasteiger partial charge in [0, 0.05) is 12.5 Å². The fourth-order valence-electron chi connectivity index (χ4n) is 1.56. The second-order valence-electron chi connectivity index (χ2n) is 3.23. The van der Waals surface area contributed by atoms with Crippen LogP contribution in [-0.4, -0.2) is 37.0 Å². The van der Waals surface area contributed by atoms with Crippen LogP contribution < -0.4 is 0 Å². The molecule has 74 valence electrons. The highest BCUT2D eigenvalue weighted by atomic mass is 16.5. The van der Waals surface area contributed by atoms with Crippen LogP contribution >= 0.6 is 0 Å². The van der Waals surface area contributed by atoms with Crippen LogP contribution in [0.4, 0.5) is 0 Å². The minimum Gasteiger partial charge on any atom is -0.468 e. The maximum absolute atomic E-state index is 11.5. The van der Waals surface area contributed by atoms with E-state index in [0.29, 0.717) is 6.54 Å². The smallest absolute Gasteiger partial charge is 0.325 e. The van der Waals surface area contributed by atoms with Crippen molar-refractivity contribution in [2.24, 2.45) is 5.92 Å². The van der Waals surface area contributed by atoms with Gasteiger partial charge in [-0.15, -0.1) is 0 Å². The second kappa shape index (κ2) is 4.25. The van der Waals surface area contributed by atoms with Crippen LogP contribution in [0.15, 0.2) is 0 Å². The Morgan fingerprint density at radius 3 is 2.85 bits per heavy atom. The lowest BCUT2D eigenvalue weighted by Gasteiger charge is -2.14. The van der Waals surface area contributed by atoms with Gasteiger partial charge in [0.2, 0.25) is 5.91 Å². The Balaban J connectivity index is 2.45. The maximum atomic E-state index is 11.5. The van der Waals surface area contributed by atoms with Gasteiger partial charge in [0.25, 0.3) is 0 Å². The Labute approximate surface area is 77.8 Å². The van der Waals surface area contributed by atoms with E-state index in [-0.39, 0.29) is 24.3 Å². The van der Waals surface area contributed by atoms with Crippen molar-refractivity contribution >= 4 is 11.9 Å². The van der Waals surface area contributed by atoms with Gasteiger partial charge >= 0.3 is 5.97 Å². The lowest BCUT2D eigenvalue weighted by atomic mass is 10.1. The Bertz CT molecular complexity index is 215. The molecule has 1 aliphatic heterocycles. The van der Waals surface area contributed by atoms with Crippen LogP contribution in [0, 0.1) is 5.92 Å². The molecule has 1 atom stereocenters. The predicted molar refractivity (Wildman–Crippen MR) is 47.0 cm³/mol. The Hall–Kier alpha value is -1.06. The molecule has 4 heteroatoms. The molecule has 1 unspecified atom stereocenters. The third-order valence-corrected chi connectivity index (χ3v) is 2.45. The van der Waals surface area contributed by atoms with E-state index >= 15 is 0 Å². The molecule has 0 bridgehead atoms. The quantitative estimate of drug-likeness (QED) is 0.598. The molecule has 0 aliphatic carbocycles.